The average Bonchev–Trinajstić information content (AvgIpc) is 2.14. The van der Waals surface area contributed by atoms with Crippen LogP contribution in [0.1, 0.15) is 25.0 Å². The van der Waals surface area contributed by atoms with Gasteiger partial charge in [-0.05, 0) is 19.1 Å². The van der Waals surface area contributed by atoms with E-state index in [1.165, 1.54) is 0 Å². The lowest BCUT2D eigenvalue weighted by atomic mass is 10.1. The predicted molar refractivity (Wildman–Crippen MR) is 59.5 cm³/mol. The van der Waals surface area contributed by atoms with Crippen molar-refractivity contribution in [1.29, 1.82) is 0 Å². The van der Waals surface area contributed by atoms with E-state index in [1.54, 1.807) is 25.1 Å². The monoisotopic (exact) mass is 228 g/mol. The molecule has 14 heavy (non-hydrogen) atoms. The van der Waals surface area contributed by atoms with Crippen LogP contribution in [0.2, 0.25) is 10.0 Å². The third-order valence-corrected chi connectivity index (χ3v) is 2.36. The first-order valence-electron chi connectivity index (χ1n) is 4.17. The van der Waals surface area contributed by atoms with Gasteiger partial charge in [-0.1, -0.05) is 29.3 Å². The van der Waals surface area contributed by atoms with Crippen molar-refractivity contribution in [1.82, 2.24) is 0 Å². The fourth-order valence-electron chi connectivity index (χ4n) is 1.08. The summed E-state index contributed by atoms with van der Waals surface area (Å²) in [5, 5.41) is 10.7. The fourth-order valence-corrected chi connectivity index (χ4v) is 1.61. The van der Waals surface area contributed by atoms with Gasteiger partial charge in [-0.2, -0.15) is 0 Å². The summed E-state index contributed by atoms with van der Waals surface area (Å²) in [6, 6.07) is 5.03. The van der Waals surface area contributed by atoms with Crippen molar-refractivity contribution in [3.63, 3.8) is 0 Å². The molecule has 1 N–H and O–H groups in total. The second-order valence-corrected chi connectivity index (χ2v) is 3.66. The molecule has 0 aliphatic carbocycles. The minimum absolute atomic E-state index is 0.387. The Morgan fingerprint density at radius 3 is 2.71 bits per heavy atom. The molecule has 1 aromatic carbocycles. The van der Waals surface area contributed by atoms with E-state index in [9.17, 15) is 5.11 Å². The van der Waals surface area contributed by atoms with Crippen LogP contribution in [0.15, 0.2) is 18.2 Å². The van der Waals surface area contributed by atoms with E-state index in [0.717, 1.165) is 0 Å². The summed E-state index contributed by atoms with van der Waals surface area (Å²) in [7, 11) is 0. The summed E-state index contributed by atoms with van der Waals surface area (Å²) in [5.74, 6) is 5.52. The van der Waals surface area contributed by atoms with Crippen molar-refractivity contribution in [3.8, 4) is 11.8 Å². The molecule has 0 aliphatic heterocycles. The molecule has 0 aromatic heterocycles. The van der Waals surface area contributed by atoms with Crippen LogP contribution in [0.25, 0.3) is 0 Å². The quantitative estimate of drug-likeness (QED) is 0.770. The predicted octanol–water partition coefficient (Wildman–Crippen LogP) is 3.44. The number of rotatable bonds is 2. The lowest BCUT2D eigenvalue weighted by Gasteiger charge is -2.09. The summed E-state index contributed by atoms with van der Waals surface area (Å²) in [6.07, 6.45) is -0.259. The van der Waals surface area contributed by atoms with Crippen LogP contribution >= 0.6 is 23.2 Å². The zero-order chi connectivity index (χ0) is 10.6. The van der Waals surface area contributed by atoms with Crippen molar-refractivity contribution in [3.05, 3.63) is 33.8 Å². The van der Waals surface area contributed by atoms with Crippen molar-refractivity contribution >= 4 is 23.2 Å². The molecule has 0 aliphatic rings. The zero-order valence-corrected chi connectivity index (χ0v) is 9.23. The lowest BCUT2D eigenvalue weighted by Crippen LogP contribution is -1.96. The summed E-state index contributed by atoms with van der Waals surface area (Å²) >= 11 is 11.6. The van der Waals surface area contributed by atoms with Gasteiger partial charge in [0.25, 0.3) is 0 Å². The zero-order valence-electron chi connectivity index (χ0n) is 7.72. The van der Waals surface area contributed by atoms with Gasteiger partial charge in [0, 0.05) is 22.0 Å². The van der Waals surface area contributed by atoms with Gasteiger partial charge in [0.1, 0.15) is 0 Å². The van der Waals surface area contributed by atoms with E-state index >= 15 is 0 Å². The van der Waals surface area contributed by atoms with Crippen LogP contribution < -0.4 is 0 Å². The first-order chi connectivity index (χ1) is 6.65. The van der Waals surface area contributed by atoms with Gasteiger partial charge >= 0.3 is 0 Å². The molecule has 3 heteroatoms. The molecule has 0 heterocycles. The van der Waals surface area contributed by atoms with Gasteiger partial charge in [-0.3, -0.25) is 0 Å². The smallest absolute Gasteiger partial charge is 0.0913 e. The second kappa shape index (κ2) is 5.26. The SMILES string of the molecule is CC#CCC(O)c1ccc(Cl)cc1Cl. The Balaban J connectivity index is 2.88. The molecule has 0 radical (unpaired) electrons. The molecule has 74 valence electrons. The number of hydrogen-bond donors (Lipinski definition) is 1. The normalized spacial score (nSPS) is 11.7. The highest BCUT2D eigenvalue weighted by molar-refractivity contribution is 6.35. The third kappa shape index (κ3) is 2.92. The molecule has 0 fully saturated rings. The van der Waals surface area contributed by atoms with E-state index in [-0.39, 0.29) is 0 Å². The maximum absolute atomic E-state index is 9.69. The number of hydrogen-bond acceptors (Lipinski definition) is 1. The number of aliphatic hydroxyl groups is 1. The van der Waals surface area contributed by atoms with Crippen molar-refractivity contribution in [2.45, 2.75) is 19.4 Å². The van der Waals surface area contributed by atoms with Gasteiger partial charge < -0.3 is 5.11 Å². The fraction of sp³-hybridized carbons (Fsp3) is 0.273. The lowest BCUT2D eigenvalue weighted by molar-refractivity contribution is 0.184. The Hall–Kier alpha value is -0.680. The third-order valence-electron chi connectivity index (χ3n) is 1.79. The van der Waals surface area contributed by atoms with Crippen LogP contribution in [0.5, 0.6) is 0 Å². The molecule has 0 saturated carbocycles. The largest absolute Gasteiger partial charge is 0.387 e. The van der Waals surface area contributed by atoms with Crippen molar-refractivity contribution < 1.29 is 5.11 Å². The van der Waals surface area contributed by atoms with E-state index in [4.69, 9.17) is 23.2 Å². The highest BCUT2D eigenvalue weighted by atomic mass is 35.5. The van der Waals surface area contributed by atoms with E-state index in [1.807, 2.05) is 0 Å². The average molecular weight is 229 g/mol. The minimum Gasteiger partial charge on any atom is -0.387 e. The Morgan fingerprint density at radius 2 is 2.14 bits per heavy atom. The van der Waals surface area contributed by atoms with Gasteiger partial charge in [-0.15, -0.1) is 11.8 Å². The van der Waals surface area contributed by atoms with E-state index < -0.39 is 6.10 Å². The Bertz CT molecular complexity index is 377. The van der Waals surface area contributed by atoms with E-state index in [2.05, 4.69) is 11.8 Å². The summed E-state index contributed by atoms with van der Waals surface area (Å²) in [4.78, 5) is 0. The number of aliphatic hydroxyl groups excluding tert-OH is 1. The first-order valence-corrected chi connectivity index (χ1v) is 4.93. The molecule has 1 aromatic rings. The molecule has 1 unspecified atom stereocenters. The molecule has 0 saturated heterocycles. The molecule has 1 atom stereocenters. The number of halogens is 2. The summed E-state index contributed by atoms with van der Waals surface area (Å²) in [5.41, 5.74) is 0.666. The number of benzene rings is 1. The molecule has 0 bridgehead atoms. The molecule has 0 spiro atoms. The topological polar surface area (TPSA) is 20.2 Å². The Labute approximate surface area is 93.7 Å². The molecule has 1 nitrogen and oxygen atoms in total. The van der Waals surface area contributed by atoms with Crippen LogP contribution in [-0.4, -0.2) is 5.11 Å². The summed E-state index contributed by atoms with van der Waals surface area (Å²) < 4.78 is 0. The maximum Gasteiger partial charge on any atom is 0.0913 e. The standard InChI is InChI=1S/C11H10Cl2O/c1-2-3-4-11(14)9-6-5-8(12)7-10(9)13/h5-7,11,14H,4H2,1H3. The summed E-state index contributed by atoms with van der Waals surface area (Å²) in [6.45, 7) is 1.73. The van der Waals surface area contributed by atoms with Crippen LogP contribution in [0.3, 0.4) is 0 Å². The second-order valence-electron chi connectivity index (χ2n) is 2.81. The maximum atomic E-state index is 9.69. The first kappa shape index (κ1) is 11.4. The Morgan fingerprint density at radius 1 is 1.43 bits per heavy atom. The molecular formula is C11H10Cl2O. The van der Waals surface area contributed by atoms with E-state index in [0.29, 0.717) is 22.0 Å². The van der Waals surface area contributed by atoms with Crippen LogP contribution in [-0.2, 0) is 0 Å². The minimum atomic E-state index is -0.646. The van der Waals surface area contributed by atoms with Crippen molar-refractivity contribution in [2.24, 2.45) is 0 Å². The van der Waals surface area contributed by atoms with Crippen LogP contribution in [0.4, 0.5) is 0 Å². The van der Waals surface area contributed by atoms with Crippen molar-refractivity contribution in [2.75, 3.05) is 0 Å². The Kier molecular flexibility index (Phi) is 4.28. The van der Waals surface area contributed by atoms with Gasteiger partial charge in [0.05, 0.1) is 6.10 Å². The molecular weight excluding hydrogens is 219 g/mol. The van der Waals surface area contributed by atoms with Gasteiger partial charge in [0.15, 0.2) is 0 Å². The highest BCUT2D eigenvalue weighted by Crippen LogP contribution is 2.27. The van der Waals surface area contributed by atoms with Gasteiger partial charge in [0.2, 0.25) is 0 Å². The molecule has 0 amide bonds. The van der Waals surface area contributed by atoms with Gasteiger partial charge in [-0.25, -0.2) is 0 Å². The molecule has 1 rings (SSSR count). The highest BCUT2D eigenvalue weighted by Gasteiger charge is 2.10. The van der Waals surface area contributed by atoms with Crippen LogP contribution in [0, 0.1) is 11.8 Å².